The maximum atomic E-state index is 11.5. The van der Waals surface area contributed by atoms with Crippen molar-refractivity contribution in [2.24, 2.45) is 0 Å². The number of aryl methyl sites for hydroxylation is 1. The minimum atomic E-state index is -0.959. The van der Waals surface area contributed by atoms with Crippen molar-refractivity contribution in [1.82, 2.24) is 9.78 Å². The highest BCUT2D eigenvalue weighted by Gasteiger charge is 2.29. The fourth-order valence-electron chi connectivity index (χ4n) is 2.88. The first-order valence-electron chi connectivity index (χ1n) is 6.73. The Labute approximate surface area is 125 Å². The van der Waals surface area contributed by atoms with Crippen molar-refractivity contribution in [3.63, 3.8) is 0 Å². The largest absolute Gasteiger partial charge is 0.476 e. The standard InChI is InChI=1S/C16H12N2O2S/c19-16(20)14-12-6-7-13-11(8-9-21-13)15(12)18(17-14)10-4-2-1-3-5-10/h1-5,8-9H,6-7H2,(H,19,20). The average molecular weight is 296 g/mol. The molecule has 2 aromatic heterocycles. The Morgan fingerprint density at radius 1 is 1.19 bits per heavy atom. The second-order valence-electron chi connectivity index (χ2n) is 4.99. The summed E-state index contributed by atoms with van der Waals surface area (Å²) in [5, 5.41) is 15.8. The van der Waals surface area contributed by atoms with Crippen LogP contribution in [-0.4, -0.2) is 20.9 Å². The second kappa shape index (κ2) is 4.56. The predicted molar refractivity (Wildman–Crippen MR) is 81.2 cm³/mol. The summed E-state index contributed by atoms with van der Waals surface area (Å²) in [6.45, 7) is 0. The molecule has 0 saturated heterocycles. The van der Waals surface area contributed by atoms with Crippen LogP contribution in [0.15, 0.2) is 41.8 Å². The summed E-state index contributed by atoms with van der Waals surface area (Å²) in [6.07, 6.45) is 1.62. The minimum absolute atomic E-state index is 0.172. The molecule has 0 bridgehead atoms. The molecule has 1 aromatic carbocycles. The maximum absolute atomic E-state index is 11.5. The topological polar surface area (TPSA) is 55.1 Å². The van der Waals surface area contributed by atoms with E-state index in [1.165, 1.54) is 4.88 Å². The number of hydrogen-bond donors (Lipinski definition) is 1. The molecular weight excluding hydrogens is 284 g/mol. The van der Waals surface area contributed by atoms with Gasteiger partial charge in [-0.05, 0) is 36.4 Å². The van der Waals surface area contributed by atoms with E-state index in [1.54, 1.807) is 16.0 Å². The highest BCUT2D eigenvalue weighted by atomic mass is 32.1. The summed E-state index contributed by atoms with van der Waals surface area (Å²) in [6, 6.07) is 11.7. The Hall–Kier alpha value is -2.40. The number of nitrogens with zero attached hydrogens (tertiary/aromatic N) is 2. The van der Waals surface area contributed by atoms with Gasteiger partial charge in [0.15, 0.2) is 5.69 Å². The van der Waals surface area contributed by atoms with Gasteiger partial charge in [0.05, 0.1) is 11.4 Å². The fourth-order valence-corrected chi connectivity index (χ4v) is 3.76. The van der Waals surface area contributed by atoms with E-state index < -0.39 is 5.97 Å². The summed E-state index contributed by atoms with van der Waals surface area (Å²) >= 11 is 1.72. The number of hydrogen-bond acceptors (Lipinski definition) is 3. The van der Waals surface area contributed by atoms with Crippen LogP contribution in [0.4, 0.5) is 0 Å². The molecule has 5 heteroatoms. The van der Waals surface area contributed by atoms with Crippen LogP contribution < -0.4 is 0 Å². The van der Waals surface area contributed by atoms with Crippen molar-refractivity contribution in [2.45, 2.75) is 12.8 Å². The highest BCUT2D eigenvalue weighted by molar-refractivity contribution is 7.10. The van der Waals surface area contributed by atoms with Gasteiger partial charge in [0, 0.05) is 16.0 Å². The van der Waals surface area contributed by atoms with E-state index in [-0.39, 0.29) is 5.69 Å². The molecule has 0 spiro atoms. The molecule has 4 rings (SSSR count). The van der Waals surface area contributed by atoms with Gasteiger partial charge in [-0.2, -0.15) is 5.10 Å². The molecule has 0 unspecified atom stereocenters. The van der Waals surface area contributed by atoms with Crippen LogP contribution in [0.2, 0.25) is 0 Å². The first kappa shape index (κ1) is 12.3. The third-order valence-corrected chi connectivity index (χ3v) is 4.77. The van der Waals surface area contributed by atoms with Gasteiger partial charge < -0.3 is 5.11 Å². The molecule has 0 saturated carbocycles. The molecule has 0 amide bonds. The lowest BCUT2D eigenvalue weighted by atomic mass is 9.94. The number of carboxylic acids is 1. The Morgan fingerprint density at radius 3 is 2.76 bits per heavy atom. The first-order valence-corrected chi connectivity index (χ1v) is 7.61. The molecular formula is C16H12N2O2S. The van der Waals surface area contributed by atoms with Gasteiger partial charge in [-0.1, -0.05) is 18.2 Å². The molecule has 21 heavy (non-hydrogen) atoms. The summed E-state index contributed by atoms with van der Waals surface area (Å²) in [5.41, 5.74) is 3.95. The first-order chi connectivity index (χ1) is 10.3. The quantitative estimate of drug-likeness (QED) is 0.788. The Bertz CT molecular complexity index is 833. The van der Waals surface area contributed by atoms with Crippen LogP contribution in [0.25, 0.3) is 16.9 Å². The maximum Gasteiger partial charge on any atom is 0.356 e. The monoisotopic (exact) mass is 296 g/mol. The van der Waals surface area contributed by atoms with Gasteiger partial charge >= 0.3 is 5.97 Å². The Morgan fingerprint density at radius 2 is 2.00 bits per heavy atom. The Balaban J connectivity index is 2.04. The number of rotatable bonds is 2. The Kier molecular flexibility index (Phi) is 2.68. The lowest BCUT2D eigenvalue weighted by molar-refractivity contribution is 0.0689. The van der Waals surface area contributed by atoms with Gasteiger partial charge in [0.1, 0.15) is 0 Å². The van der Waals surface area contributed by atoms with E-state index in [1.807, 2.05) is 30.3 Å². The average Bonchev–Trinajstić information content (AvgIpc) is 3.11. The van der Waals surface area contributed by atoms with Gasteiger partial charge in [0.25, 0.3) is 0 Å². The molecule has 4 nitrogen and oxygen atoms in total. The number of para-hydroxylation sites is 1. The SMILES string of the molecule is O=C(O)c1nn(-c2ccccc2)c2c1CCc1sccc1-2. The molecule has 1 aliphatic rings. The highest BCUT2D eigenvalue weighted by Crippen LogP contribution is 2.39. The number of carboxylic acid groups (broad SMARTS) is 1. The van der Waals surface area contributed by atoms with E-state index in [4.69, 9.17) is 0 Å². The predicted octanol–water partition coefficient (Wildman–Crippen LogP) is 3.40. The van der Waals surface area contributed by atoms with Crippen molar-refractivity contribution in [3.8, 4) is 16.9 Å². The van der Waals surface area contributed by atoms with Crippen LogP contribution in [0.1, 0.15) is 20.9 Å². The van der Waals surface area contributed by atoms with Gasteiger partial charge in [-0.25, -0.2) is 9.48 Å². The van der Waals surface area contributed by atoms with E-state index in [9.17, 15) is 9.90 Å². The summed E-state index contributed by atoms with van der Waals surface area (Å²) in [7, 11) is 0. The van der Waals surface area contributed by atoms with Crippen LogP contribution in [0, 0.1) is 0 Å². The number of fused-ring (bicyclic) bond motifs is 3. The molecule has 0 radical (unpaired) electrons. The van der Waals surface area contributed by atoms with E-state index in [0.717, 1.165) is 35.3 Å². The lowest BCUT2D eigenvalue weighted by Gasteiger charge is -2.15. The van der Waals surface area contributed by atoms with Crippen molar-refractivity contribution < 1.29 is 9.90 Å². The zero-order valence-corrected chi connectivity index (χ0v) is 11.9. The summed E-state index contributed by atoms with van der Waals surface area (Å²) in [4.78, 5) is 12.8. The number of aromatic carboxylic acids is 1. The van der Waals surface area contributed by atoms with Gasteiger partial charge in [0.2, 0.25) is 0 Å². The molecule has 0 fully saturated rings. The zero-order valence-electron chi connectivity index (χ0n) is 11.1. The molecule has 0 atom stereocenters. The number of aromatic nitrogens is 2. The van der Waals surface area contributed by atoms with E-state index >= 15 is 0 Å². The van der Waals surface area contributed by atoms with Crippen LogP contribution >= 0.6 is 11.3 Å². The van der Waals surface area contributed by atoms with Crippen LogP contribution in [-0.2, 0) is 12.8 Å². The number of benzene rings is 1. The van der Waals surface area contributed by atoms with Crippen LogP contribution in [0.5, 0.6) is 0 Å². The molecule has 1 aliphatic carbocycles. The fraction of sp³-hybridized carbons (Fsp3) is 0.125. The van der Waals surface area contributed by atoms with E-state index in [2.05, 4.69) is 16.5 Å². The number of thiophene rings is 1. The lowest BCUT2D eigenvalue weighted by Crippen LogP contribution is -2.06. The third kappa shape index (κ3) is 1.81. The van der Waals surface area contributed by atoms with Gasteiger partial charge in [-0.15, -0.1) is 11.3 Å². The molecule has 104 valence electrons. The van der Waals surface area contributed by atoms with Crippen LogP contribution in [0.3, 0.4) is 0 Å². The van der Waals surface area contributed by atoms with Crippen molar-refractivity contribution in [3.05, 3.63) is 57.9 Å². The summed E-state index contributed by atoms with van der Waals surface area (Å²) in [5.74, 6) is -0.959. The molecule has 2 heterocycles. The van der Waals surface area contributed by atoms with E-state index in [0.29, 0.717) is 0 Å². The molecule has 0 aliphatic heterocycles. The summed E-state index contributed by atoms with van der Waals surface area (Å²) < 4.78 is 1.77. The zero-order chi connectivity index (χ0) is 14.4. The third-order valence-electron chi connectivity index (χ3n) is 3.79. The minimum Gasteiger partial charge on any atom is -0.476 e. The smallest absolute Gasteiger partial charge is 0.356 e. The molecule has 1 N–H and O–H groups in total. The van der Waals surface area contributed by atoms with Crippen molar-refractivity contribution in [1.29, 1.82) is 0 Å². The van der Waals surface area contributed by atoms with Crippen molar-refractivity contribution in [2.75, 3.05) is 0 Å². The van der Waals surface area contributed by atoms with Gasteiger partial charge in [-0.3, -0.25) is 0 Å². The van der Waals surface area contributed by atoms with Crippen molar-refractivity contribution >= 4 is 17.3 Å². The normalized spacial score (nSPS) is 12.8. The second-order valence-corrected chi connectivity index (χ2v) is 5.99. The number of carbonyl (C=O) groups is 1. The molecule has 3 aromatic rings.